The van der Waals surface area contributed by atoms with Crippen LogP contribution in [0.25, 0.3) is 0 Å². The fourth-order valence-electron chi connectivity index (χ4n) is 3.55. The molecule has 0 spiro atoms. The van der Waals surface area contributed by atoms with Crippen LogP contribution in [0.3, 0.4) is 0 Å². The van der Waals surface area contributed by atoms with Crippen molar-refractivity contribution in [2.45, 2.75) is 26.1 Å². The molecule has 0 saturated heterocycles. The molecule has 0 saturated carbocycles. The van der Waals surface area contributed by atoms with Crippen molar-refractivity contribution in [1.82, 2.24) is 9.80 Å². The topological polar surface area (TPSA) is 71.1 Å². The molecule has 1 aliphatic rings. The minimum absolute atomic E-state index is 0.0669. The lowest BCUT2D eigenvalue weighted by Crippen LogP contribution is -2.43. The third-order valence-corrected chi connectivity index (χ3v) is 5.02. The van der Waals surface area contributed by atoms with Crippen LogP contribution in [-0.4, -0.2) is 55.0 Å². The number of benzene rings is 2. The van der Waals surface area contributed by atoms with Crippen molar-refractivity contribution >= 4 is 17.5 Å². The van der Waals surface area contributed by atoms with Crippen LogP contribution in [0.15, 0.2) is 55.1 Å². The molecule has 0 radical (unpaired) electrons. The predicted octanol–water partition coefficient (Wildman–Crippen LogP) is 3.69. The number of anilines is 1. The van der Waals surface area contributed by atoms with E-state index in [2.05, 4.69) is 11.9 Å². The Morgan fingerprint density at radius 1 is 1.26 bits per heavy atom. The van der Waals surface area contributed by atoms with E-state index in [0.29, 0.717) is 30.2 Å². The summed E-state index contributed by atoms with van der Waals surface area (Å²) >= 11 is 0. The molecule has 31 heavy (non-hydrogen) atoms. The van der Waals surface area contributed by atoms with Crippen molar-refractivity contribution in [3.05, 3.63) is 66.2 Å². The van der Waals surface area contributed by atoms with Crippen LogP contribution in [0, 0.1) is 0 Å². The highest BCUT2D eigenvalue weighted by molar-refractivity contribution is 6.01. The third-order valence-electron chi connectivity index (χ3n) is 5.02. The van der Waals surface area contributed by atoms with Crippen molar-refractivity contribution in [1.29, 1.82) is 0 Å². The highest BCUT2D eigenvalue weighted by atomic mass is 16.5. The molecular formula is C24H29N3O4. The number of fused-ring (bicyclic) bond motifs is 1. The quantitative estimate of drug-likeness (QED) is 0.656. The number of hydrogen-bond donors (Lipinski definition) is 1. The van der Waals surface area contributed by atoms with Crippen LogP contribution < -0.4 is 14.8 Å². The number of carbonyl (C=O) groups excluding carboxylic acids is 2. The maximum Gasteiger partial charge on any atom is 0.262 e. The molecule has 2 aromatic carbocycles. The van der Waals surface area contributed by atoms with Crippen molar-refractivity contribution in [2.75, 3.05) is 32.6 Å². The zero-order valence-corrected chi connectivity index (χ0v) is 18.4. The number of nitrogens with one attached hydrogen (secondary N) is 1. The molecule has 1 heterocycles. The fraction of sp³-hybridized carbons (Fsp3) is 0.333. The van der Waals surface area contributed by atoms with Gasteiger partial charge in [-0.25, -0.2) is 0 Å². The predicted molar refractivity (Wildman–Crippen MR) is 120 cm³/mol. The number of rotatable bonds is 8. The Labute approximate surface area is 183 Å². The summed E-state index contributed by atoms with van der Waals surface area (Å²) in [6.45, 7) is 8.21. The molecule has 0 bridgehead atoms. The van der Waals surface area contributed by atoms with E-state index in [1.165, 1.54) is 4.90 Å². The average molecular weight is 424 g/mol. The van der Waals surface area contributed by atoms with Gasteiger partial charge in [0.1, 0.15) is 6.17 Å². The van der Waals surface area contributed by atoms with Gasteiger partial charge in [0.2, 0.25) is 0 Å². The van der Waals surface area contributed by atoms with Crippen LogP contribution >= 0.6 is 0 Å². The minimum atomic E-state index is -0.654. The number of carbonyl (C=O) groups is 2. The standard InChI is InChI=1S/C24H29N3O4/c1-6-14-27-22(25-19-11-9-8-10-18(19)24(27)29)17-12-13-20(21(15-17)30-7-2)31-16(3)23(28)26(4)5/h6,8-13,15-16,22,25H,1,7,14H2,2-5H3. The van der Waals surface area contributed by atoms with Gasteiger partial charge in [-0.1, -0.05) is 24.3 Å². The second-order valence-electron chi connectivity index (χ2n) is 7.47. The molecule has 1 aliphatic heterocycles. The van der Waals surface area contributed by atoms with Crippen LogP contribution in [-0.2, 0) is 4.79 Å². The summed E-state index contributed by atoms with van der Waals surface area (Å²) in [5.74, 6) is 0.791. The smallest absolute Gasteiger partial charge is 0.262 e. The lowest BCUT2D eigenvalue weighted by atomic mass is 10.0. The van der Waals surface area contributed by atoms with Gasteiger partial charge < -0.3 is 24.6 Å². The molecule has 164 valence electrons. The maximum atomic E-state index is 13.1. The second kappa shape index (κ2) is 9.55. The third kappa shape index (κ3) is 4.66. The van der Waals surface area contributed by atoms with Crippen LogP contribution in [0.2, 0.25) is 0 Å². The normalized spacial score (nSPS) is 16.1. The molecule has 0 aliphatic carbocycles. The van der Waals surface area contributed by atoms with E-state index in [1.807, 2.05) is 43.3 Å². The summed E-state index contributed by atoms with van der Waals surface area (Å²) in [6.07, 6.45) is 0.656. The van der Waals surface area contributed by atoms with Gasteiger partial charge in [-0.05, 0) is 43.7 Å². The lowest BCUT2D eigenvalue weighted by Gasteiger charge is -2.37. The number of para-hydroxylation sites is 1. The Balaban J connectivity index is 1.96. The molecular weight excluding hydrogens is 394 g/mol. The van der Waals surface area contributed by atoms with Crippen LogP contribution in [0.1, 0.15) is 35.9 Å². The number of hydrogen-bond acceptors (Lipinski definition) is 5. The van der Waals surface area contributed by atoms with E-state index < -0.39 is 12.3 Å². The molecule has 2 atom stereocenters. The first-order valence-corrected chi connectivity index (χ1v) is 10.3. The van der Waals surface area contributed by atoms with E-state index in [9.17, 15) is 9.59 Å². The van der Waals surface area contributed by atoms with Gasteiger partial charge in [0.25, 0.3) is 11.8 Å². The zero-order chi connectivity index (χ0) is 22.5. The highest BCUT2D eigenvalue weighted by Crippen LogP contribution is 2.37. The number of ether oxygens (including phenoxy) is 2. The van der Waals surface area contributed by atoms with Gasteiger partial charge in [0.15, 0.2) is 17.6 Å². The molecule has 7 heteroatoms. The molecule has 2 aromatic rings. The molecule has 2 unspecified atom stereocenters. The number of nitrogens with zero attached hydrogens (tertiary/aromatic N) is 2. The maximum absolute atomic E-state index is 13.1. The number of likely N-dealkylation sites (N-methyl/N-ethyl adjacent to an activating group) is 1. The van der Waals surface area contributed by atoms with E-state index >= 15 is 0 Å². The molecule has 1 N–H and O–H groups in total. The van der Waals surface area contributed by atoms with Gasteiger partial charge in [-0.3, -0.25) is 9.59 Å². The molecule has 0 fully saturated rings. The van der Waals surface area contributed by atoms with Crippen molar-refractivity contribution in [3.63, 3.8) is 0 Å². The summed E-state index contributed by atoms with van der Waals surface area (Å²) in [5, 5.41) is 3.44. The Bertz CT molecular complexity index is 973. The van der Waals surface area contributed by atoms with E-state index in [0.717, 1.165) is 11.3 Å². The Morgan fingerprint density at radius 2 is 2.00 bits per heavy atom. The molecule has 0 aromatic heterocycles. The first-order chi connectivity index (χ1) is 14.9. The van der Waals surface area contributed by atoms with E-state index in [1.54, 1.807) is 38.1 Å². The molecule has 2 amide bonds. The van der Waals surface area contributed by atoms with Gasteiger partial charge in [0.05, 0.1) is 12.2 Å². The highest BCUT2D eigenvalue weighted by Gasteiger charge is 2.32. The Kier molecular flexibility index (Phi) is 6.84. The van der Waals surface area contributed by atoms with Gasteiger partial charge in [-0.15, -0.1) is 6.58 Å². The molecule has 3 rings (SSSR count). The lowest BCUT2D eigenvalue weighted by molar-refractivity contribution is -0.135. The van der Waals surface area contributed by atoms with Gasteiger partial charge in [-0.2, -0.15) is 0 Å². The zero-order valence-electron chi connectivity index (χ0n) is 18.4. The first kappa shape index (κ1) is 22.2. The summed E-state index contributed by atoms with van der Waals surface area (Å²) in [4.78, 5) is 28.5. The number of amides is 2. The minimum Gasteiger partial charge on any atom is -0.490 e. The average Bonchev–Trinajstić information content (AvgIpc) is 2.76. The summed E-state index contributed by atoms with van der Waals surface area (Å²) < 4.78 is 11.7. The van der Waals surface area contributed by atoms with Gasteiger partial charge >= 0.3 is 0 Å². The summed E-state index contributed by atoms with van der Waals surface area (Å²) in [6, 6.07) is 12.9. The van der Waals surface area contributed by atoms with Crippen molar-refractivity contribution in [3.8, 4) is 11.5 Å². The Morgan fingerprint density at radius 3 is 2.68 bits per heavy atom. The van der Waals surface area contributed by atoms with E-state index in [4.69, 9.17) is 9.47 Å². The summed E-state index contributed by atoms with van der Waals surface area (Å²) in [5.41, 5.74) is 2.25. The second-order valence-corrected chi connectivity index (χ2v) is 7.47. The SMILES string of the molecule is C=CCN1C(=O)c2ccccc2NC1c1ccc(OC(C)C(=O)N(C)C)c(OCC)c1. The first-order valence-electron chi connectivity index (χ1n) is 10.3. The van der Waals surface area contributed by atoms with Crippen molar-refractivity contribution in [2.24, 2.45) is 0 Å². The Hall–Kier alpha value is -3.48. The van der Waals surface area contributed by atoms with Gasteiger partial charge in [0, 0.05) is 26.3 Å². The largest absolute Gasteiger partial charge is 0.490 e. The van der Waals surface area contributed by atoms with Crippen molar-refractivity contribution < 1.29 is 19.1 Å². The molecule has 7 nitrogen and oxygen atoms in total. The van der Waals surface area contributed by atoms with E-state index in [-0.39, 0.29) is 11.8 Å². The van der Waals surface area contributed by atoms with Crippen LogP contribution in [0.4, 0.5) is 5.69 Å². The monoisotopic (exact) mass is 423 g/mol. The summed E-state index contributed by atoms with van der Waals surface area (Å²) in [7, 11) is 3.37. The van der Waals surface area contributed by atoms with Crippen LogP contribution in [0.5, 0.6) is 11.5 Å². The fourth-order valence-corrected chi connectivity index (χ4v) is 3.55.